The maximum Gasteiger partial charge on any atom is 0.143 e. The molecule has 0 spiro atoms. The molecule has 0 saturated heterocycles. The molecule has 6 rings (SSSR count). The van der Waals surface area contributed by atoms with Gasteiger partial charge in [-0.05, 0) is 17.2 Å². The van der Waals surface area contributed by atoms with Crippen molar-refractivity contribution in [3.8, 4) is 11.1 Å². The van der Waals surface area contributed by atoms with Crippen LogP contribution in [0.25, 0.3) is 31.3 Å². The minimum Gasteiger partial charge on any atom is -0.376 e. The SMILES string of the molecule is OC1(c2cccc3c2sc2ccccc23)c2ccccc2-c2ccccc21. The molecule has 0 amide bonds. The second kappa shape index (κ2) is 5.29. The fraction of sp³-hybridized carbons (Fsp3) is 0.0400. The summed E-state index contributed by atoms with van der Waals surface area (Å²) in [6, 6.07) is 31.2. The van der Waals surface area contributed by atoms with Gasteiger partial charge >= 0.3 is 0 Å². The lowest BCUT2D eigenvalue weighted by Gasteiger charge is -2.27. The summed E-state index contributed by atoms with van der Waals surface area (Å²) in [4.78, 5) is 0. The number of aliphatic hydroxyl groups is 1. The molecule has 5 aromatic rings. The van der Waals surface area contributed by atoms with Crippen LogP contribution in [0.1, 0.15) is 16.7 Å². The van der Waals surface area contributed by atoms with Crippen molar-refractivity contribution in [3.05, 3.63) is 108 Å². The van der Waals surface area contributed by atoms with E-state index in [0.29, 0.717) is 0 Å². The van der Waals surface area contributed by atoms with Crippen molar-refractivity contribution in [2.75, 3.05) is 0 Å². The first-order chi connectivity index (χ1) is 13.3. The van der Waals surface area contributed by atoms with Crippen LogP contribution in [0.3, 0.4) is 0 Å². The average Bonchev–Trinajstić information content (AvgIpc) is 3.23. The van der Waals surface area contributed by atoms with Gasteiger partial charge in [-0.2, -0.15) is 0 Å². The zero-order valence-corrected chi connectivity index (χ0v) is 15.3. The van der Waals surface area contributed by atoms with E-state index in [2.05, 4.69) is 66.7 Å². The smallest absolute Gasteiger partial charge is 0.143 e. The van der Waals surface area contributed by atoms with Crippen LogP contribution >= 0.6 is 11.3 Å². The molecule has 0 unspecified atom stereocenters. The minimum absolute atomic E-state index is 0.969. The highest BCUT2D eigenvalue weighted by Crippen LogP contribution is 2.53. The molecule has 0 aliphatic heterocycles. The Morgan fingerprint density at radius 2 is 1.11 bits per heavy atom. The highest BCUT2D eigenvalue weighted by molar-refractivity contribution is 7.26. The van der Waals surface area contributed by atoms with E-state index in [1.165, 1.54) is 15.5 Å². The van der Waals surface area contributed by atoms with Crippen LogP contribution in [0.5, 0.6) is 0 Å². The maximum absolute atomic E-state index is 12.2. The summed E-state index contributed by atoms with van der Waals surface area (Å²) < 4.78 is 2.41. The number of hydrogen-bond donors (Lipinski definition) is 1. The molecule has 128 valence electrons. The Kier molecular flexibility index (Phi) is 2.97. The second-order valence-corrected chi connectivity index (χ2v) is 8.13. The molecule has 2 heteroatoms. The van der Waals surface area contributed by atoms with E-state index in [-0.39, 0.29) is 0 Å². The summed E-state index contributed by atoms with van der Waals surface area (Å²) in [5.74, 6) is 0. The molecule has 1 N–H and O–H groups in total. The largest absolute Gasteiger partial charge is 0.376 e. The lowest BCUT2D eigenvalue weighted by molar-refractivity contribution is 0.132. The normalized spacial score (nSPS) is 14.4. The van der Waals surface area contributed by atoms with Crippen molar-refractivity contribution in [1.82, 2.24) is 0 Å². The van der Waals surface area contributed by atoms with Crippen molar-refractivity contribution in [1.29, 1.82) is 0 Å². The molecular formula is C25H16OS. The number of rotatable bonds is 1. The van der Waals surface area contributed by atoms with Crippen molar-refractivity contribution < 1.29 is 5.11 Å². The Balaban J connectivity index is 1.77. The summed E-state index contributed by atoms with van der Waals surface area (Å²) in [5, 5.41) is 14.7. The van der Waals surface area contributed by atoms with Crippen LogP contribution in [0.4, 0.5) is 0 Å². The third kappa shape index (κ3) is 1.86. The maximum atomic E-state index is 12.2. The highest BCUT2D eigenvalue weighted by Gasteiger charge is 2.43. The standard InChI is InChI=1S/C25H16OS/c26-25(20-12-4-1-8-16(20)17-9-2-5-13-21(17)25)22-14-7-11-19-18-10-3-6-15-23(18)27-24(19)22/h1-15,26H. The molecule has 0 saturated carbocycles. The summed E-state index contributed by atoms with van der Waals surface area (Å²) in [5.41, 5.74) is 4.02. The number of benzene rings is 4. The van der Waals surface area contributed by atoms with E-state index in [9.17, 15) is 5.11 Å². The Bertz CT molecular complexity index is 1300. The van der Waals surface area contributed by atoms with Gasteiger partial charge in [0.05, 0.1) is 0 Å². The summed E-state index contributed by atoms with van der Waals surface area (Å²) >= 11 is 1.76. The lowest BCUT2D eigenvalue weighted by atomic mass is 9.84. The molecular weight excluding hydrogens is 348 g/mol. The summed E-state index contributed by atoms with van der Waals surface area (Å²) in [6.07, 6.45) is 0. The third-order valence-corrected chi connectivity index (χ3v) is 6.94. The van der Waals surface area contributed by atoms with Gasteiger partial charge in [-0.25, -0.2) is 0 Å². The number of fused-ring (bicyclic) bond motifs is 6. The van der Waals surface area contributed by atoms with Gasteiger partial charge in [-0.1, -0.05) is 84.9 Å². The van der Waals surface area contributed by atoms with E-state index >= 15 is 0 Å². The first kappa shape index (κ1) is 15.2. The first-order valence-corrected chi connectivity index (χ1v) is 9.92. The molecule has 0 fully saturated rings. The lowest BCUT2D eigenvalue weighted by Crippen LogP contribution is -2.26. The van der Waals surface area contributed by atoms with Gasteiger partial charge in [0.2, 0.25) is 0 Å². The molecule has 1 aromatic heterocycles. The first-order valence-electron chi connectivity index (χ1n) is 9.11. The second-order valence-electron chi connectivity index (χ2n) is 7.08. The van der Waals surface area contributed by atoms with E-state index in [4.69, 9.17) is 0 Å². The quantitative estimate of drug-likeness (QED) is 0.369. The van der Waals surface area contributed by atoms with Crippen molar-refractivity contribution in [3.63, 3.8) is 0 Å². The van der Waals surface area contributed by atoms with Gasteiger partial charge < -0.3 is 5.11 Å². The molecule has 0 bridgehead atoms. The Labute approximate surface area is 161 Å². The fourth-order valence-electron chi connectivity index (χ4n) is 4.53. The monoisotopic (exact) mass is 364 g/mol. The Morgan fingerprint density at radius 3 is 1.85 bits per heavy atom. The van der Waals surface area contributed by atoms with Crippen LogP contribution in [-0.4, -0.2) is 5.11 Å². The van der Waals surface area contributed by atoms with Gasteiger partial charge in [-0.3, -0.25) is 0 Å². The van der Waals surface area contributed by atoms with Crippen molar-refractivity contribution in [2.24, 2.45) is 0 Å². The van der Waals surface area contributed by atoms with Crippen LogP contribution in [-0.2, 0) is 5.60 Å². The molecule has 4 aromatic carbocycles. The summed E-state index contributed by atoms with van der Waals surface area (Å²) in [6.45, 7) is 0. The van der Waals surface area contributed by atoms with Gasteiger partial charge in [0.15, 0.2) is 0 Å². The molecule has 27 heavy (non-hydrogen) atoms. The van der Waals surface area contributed by atoms with Gasteiger partial charge in [0.1, 0.15) is 5.60 Å². The zero-order valence-electron chi connectivity index (χ0n) is 14.5. The van der Waals surface area contributed by atoms with E-state index in [1.807, 2.05) is 24.3 Å². The predicted octanol–water partition coefficient (Wildman–Crippen LogP) is 6.32. The topological polar surface area (TPSA) is 20.2 Å². The highest BCUT2D eigenvalue weighted by atomic mass is 32.1. The van der Waals surface area contributed by atoms with E-state index < -0.39 is 5.60 Å². The Morgan fingerprint density at radius 1 is 0.556 bits per heavy atom. The molecule has 1 nitrogen and oxygen atoms in total. The minimum atomic E-state index is -1.13. The van der Waals surface area contributed by atoms with Gasteiger partial charge in [-0.15, -0.1) is 11.3 Å². The molecule has 1 aliphatic rings. The summed E-state index contributed by atoms with van der Waals surface area (Å²) in [7, 11) is 0. The van der Waals surface area contributed by atoms with Crippen LogP contribution in [0.2, 0.25) is 0 Å². The van der Waals surface area contributed by atoms with Gasteiger partial charge in [0.25, 0.3) is 0 Å². The van der Waals surface area contributed by atoms with Crippen LogP contribution in [0.15, 0.2) is 91.0 Å². The van der Waals surface area contributed by atoms with E-state index in [1.54, 1.807) is 11.3 Å². The van der Waals surface area contributed by atoms with Crippen molar-refractivity contribution >= 4 is 31.5 Å². The Hall–Kier alpha value is -2.94. The molecule has 0 atom stereocenters. The zero-order chi connectivity index (χ0) is 18.0. The third-order valence-electron chi connectivity index (χ3n) is 5.72. The van der Waals surface area contributed by atoms with Gasteiger partial charge in [0, 0.05) is 36.9 Å². The predicted molar refractivity (Wildman–Crippen MR) is 113 cm³/mol. The van der Waals surface area contributed by atoms with Crippen LogP contribution < -0.4 is 0 Å². The molecule has 1 heterocycles. The average molecular weight is 364 g/mol. The number of hydrogen-bond acceptors (Lipinski definition) is 2. The molecule has 0 radical (unpaired) electrons. The fourth-order valence-corrected chi connectivity index (χ4v) is 5.80. The van der Waals surface area contributed by atoms with E-state index in [0.717, 1.165) is 32.5 Å². The number of thiophene rings is 1. The molecule has 1 aliphatic carbocycles. The van der Waals surface area contributed by atoms with Crippen molar-refractivity contribution in [2.45, 2.75) is 5.60 Å². The van der Waals surface area contributed by atoms with Crippen LogP contribution in [0, 0.1) is 0 Å².